The molecule has 4 N–H and O–H groups in total. The third-order valence-corrected chi connectivity index (χ3v) is 5.81. The van der Waals surface area contributed by atoms with Gasteiger partial charge >= 0.3 is 5.57 Å². The van der Waals surface area contributed by atoms with E-state index >= 15 is 0 Å². The van der Waals surface area contributed by atoms with Crippen molar-refractivity contribution in [3.05, 3.63) is 66.4 Å². The molecule has 4 rings (SSSR count). The first-order valence-corrected chi connectivity index (χ1v) is 12.2. The molecule has 0 radical (unpaired) electrons. The van der Waals surface area contributed by atoms with Crippen LogP contribution in [-0.4, -0.2) is 53.0 Å². The minimum atomic E-state index is -3.84. The Morgan fingerprint density at radius 3 is 2.32 bits per heavy atom. The third kappa shape index (κ3) is 7.40. The fourth-order valence-electron chi connectivity index (χ4n) is 3.76. The molecule has 2 aromatic carbocycles. The lowest BCUT2D eigenvalue weighted by Crippen LogP contribution is -2.26. The Kier molecular flexibility index (Phi) is 8.45. The summed E-state index contributed by atoms with van der Waals surface area (Å²) in [5.41, 5.74) is -2.09. The number of nitrogens with zero attached hydrogens (tertiary/aromatic N) is 2. The molecule has 1 amide bonds. The van der Waals surface area contributed by atoms with Gasteiger partial charge in [-0.05, 0) is 73.2 Å². The van der Waals surface area contributed by atoms with Gasteiger partial charge in [-0.3, -0.25) is 4.79 Å². The summed E-state index contributed by atoms with van der Waals surface area (Å²) < 4.78 is 35.1. The number of aromatic nitrogens is 1. The largest absolute Gasteiger partial charge is 0.497 e. The van der Waals surface area contributed by atoms with Crippen molar-refractivity contribution in [1.29, 1.82) is 0 Å². The van der Waals surface area contributed by atoms with Crippen LogP contribution in [0.1, 0.15) is 16.8 Å². The van der Waals surface area contributed by atoms with Gasteiger partial charge in [0, 0.05) is 42.3 Å². The van der Waals surface area contributed by atoms with E-state index in [1.54, 1.807) is 37.4 Å². The summed E-state index contributed by atoms with van der Waals surface area (Å²) in [6.45, 7) is 0.977. The SMILES string of the molecule is COc1ccc(NC(=S)Nc2cc(C(=O)Nc3ccc(OC(F)(F)Cl)cc3)cnc2N2CC[C@@H](O)C2)cc1. The third-order valence-electron chi connectivity index (χ3n) is 5.53. The molecule has 3 aromatic rings. The number of benzene rings is 2. The molecule has 0 spiro atoms. The fourth-order valence-corrected chi connectivity index (χ4v) is 4.08. The molecular weight excluding hydrogens is 540 g/mol. The maximum atomic E-state index is 12.9. The van der Waals surface area contributed by atoms with Gasteiger partial charge in [0.25, 0.3) is 5.91 Å². The minimum absolute atomic E-state index is 0.161. The number of nitrogens with one attached hydrogen (secondary N) is 3. The lowest BCUT2D eigenvalue weighted by atomic mass is 10.2. The van der Waals surface area contributed by atoms with E-state index in [-0.39, 0.29) is 16.4 Å². The average Bonchev–Trinajstić information content (AvgIpc) is 3.30. The van der Waals surface area contributed by atoms with Crippen LogP contribution in [0.5, 0.6) is 11.5 Å². The van der Waals surface area contributed by atoms with Crippen LogP contribution in [0.2, 0.25) is 0 Å². The second kappa shape index (κ2) is 11.8. The highest BCUT2D eigenvalue weighted by Crippen LogP contribution is 2.29. The zero-order valence-corrected chi connectivity index (χ0v) is 21.7. The van der Waals surface area contributed by atoms with E-state index in [1.807, 2.05) is 4.90 Å². The number of carbonyl (C=O) groups is 1. The van der Waals surface area contributed by atoms with Gasteiger partial charge in [-0.15, -0.1) is 8.78 Å². The molecule has 1 saturated heterocycles. The number of pyridine rings is 1. The Bertz CT molecular complexity index is 1290. The number of hydrogen-bond donors (Lipinski definition) is 4. The molecule has 13 heteroatoms. The van der Waals surface area contributed by atoms with Crippen LogP contribution in [0.4, 0.5) is 31.7 Å². The molecule has 200 valence electrons. The highest BCUT2D eigenvalue weighted by Gasteiger charge is 2.27. The van der Waals surface area contributed by atoms with E-state index in [0.717, 1.165) is 5.69 Å². The van der Waals surface area contributed by atoms with Crippen LogP contribution in [-0.2, 0) is 0 Å². The van der Waals surface area contributed by atoms with Crippen molar-refractivity contribution in [2.45, 2.75) is 18.1 Å². The van der Waals surface area contributed by atoms with Gasteiger partial charge in [0.05, 0.1) is 24.5 Å². The van der Waals surface area contributed by atoms with E-state index in [9.17, 15) is 18.7 Å². The van der Waals surface area contributed by atoms with Gasteiger partial charge in [0.15, 0.2) is 10.9 Å². The molecule has 1 aromatic heterocycles. The number of thiocarbonyl (C=S) groups is 1. The second-order valence-corrected chi connectivity index (χ2v) is 9.17. The average molecular weight is 564 g/mol. The minimum Gasteiger partial charge on any atom is -0.497 e. The number of ether oxygens (including phenoxy) is 2. The van der Waals surface area contributed by atoms with Crippen LogP contribution >= 0.6 is 23.8 Å². The zero-order chi connectivity index (χ0) is 27.3. The molecule has 1 fully saturated rings. The highest BCUT2D eigenvalue weighted by atomic mass is 35.5. The number of aliphatic hydroxyl groups excluding tert-OH is 1. The predicted octanol–water partition coefficient (Wildman–Crippen LogP) is 4.89. The Balaban J connectivity index is 1.51. The Labute approximate surface area is 227 Å². The first kappa shape index (κ1) is 27.3. The van der Waals surface area contributed by atoms with Crippen molar-refractivity contribution in [1.82, 2.24) is 4.98 Å². The van der Waals surface area contributed by atoms with E-state index in [1.165, 1.54) is 30.5 Å². The normalized spacial score (nSPS) is 15.1. The number of anilines is 4. The summed E-state index contributed by atoms with van der Waals surface area (Å²) in [6.07, 6.45) is 1.52. The summed E-state index contributed by atoms with van der Waals surface area (Å²) in [5.74, 6) is 0.581. The number of halogens is 3. The lowest BCUT2D eigenvalue weighted by Gasteiger charge is -2.22. The molecule has 0 saturated carbocycles. The van der Waals surface area contributed by atoms with Gasteiger partial charge < -0.3 is 35.4 Å². The highest BCUT2D eigenvalue weighted by molar-refractivity contribution is 7.80. The van der Waals surface area contributed by atoms with Crippen molar-refractivity contribution in [2.24, 2.45) is 0 Å². The number of amides is 1. The van der Waals surface area contributed by atoms with Crippen molar-refractivity contribution in [2.75, 3.05) is 41.0 Å². The van der Waals surface area contributed by atoms with Gasteiger partial charge in [-0.25, -0.2) is 4.98 Å². The van der Waals surface area contributed by atoms with Crippen LogP contribution in [0.3, 0.4) is 0 Å². The summed E-state index contributed by atoms with van der Waals surface area (Å²) in [6, 6.07) is 14.1. The van der Waals surface area contributed by atoms with Gasteiger partial charge in [0.1, 0.15) is 11.5 Å². The molecule has 1 aliphatic heterocycles. The Hall–Kier alpha value is -3.74. The summed E-state index contributed by atoms with van der Waals surface area (Å²) in [5, 5.41) is 19.1. The van der Waals surface area contributed by atoms with E-state index in [0.29, 0.717) is 42.5 Å². The van der Waals surface area contributed by atoms with Crippen LogP contribution in [0, 0.1) is 0 Å². The zero-order valence-electron chi connectivity index (χ0n) is 20.1. The maximum Gasteiger partial charge on any atom is 0.487 e. The van der Waals surface area contributed by atoms with E-state index in [4.69, 9.17) is 28.6 Å². The number of hydrogen-bond acceptors (Lipinski definition) is 7. The Morgan fingerprint density at radius 1 is 1.11 bits per heavy atom. The number of carbonyl (C=O) groups excluding carboxylic acids is 1. The van der Waals surface area contributed by atoms with Crippen molar-refractivity contribution >= 4 is 57.7 Å². The van der Waals surface area contributed by atoms with Crippen molar-refractivity contribution in [3.8, 4) is 11.5 Å². The molecule has 0 aliphatic carbocycles. The van der Waals surface area contributed by atoms with Gasteiger partial charge in [-0.2, -0.15) is 0 Å². The van der Waals surface area contributed by atoms with Gasteiger partial charge in [-0.1, -0.05) is 0 Å². The quantitative estimate of drug-likeness (QED) is 0.225. The standard InChI is InChI=1S/C25H24ClF2N5O4S/c1-36-19-6-2-17(3-7-19)31-24(38)32-21-12-15(13-29-22(21)33-11-10-18(34)14-33)23(35)30-16-4-8-20(9-5-16)37-25(26,27)28/h2-9,12-13,18,34H,10-11,14H2,1H3,(H,30,35)(H2,31,32,38)/t18-/m1/s1. The smallest absolute Gasteiger partial charge is 0.487 e. The van der Waals surface area contributed by atoms with E-state index in [2.05, 4.69) is 25.7 Å². The molecule has 9 nitrogen and oxygen atoms in total. The van der Waals surface area contributed by atoms with Crippen molar-refractivity contribution in [3.63, 3.8) is 0 Å². The molecule has 0 unspecified atom stereocenters. The summed E-state index contributed by atoms with van der Waals surface area (Å²) in [7, 11) is 1.58. The predicted molar refractivity (Wildman–Crippen MR) is 146 cm³/mol. The topological polar surface area (TPSA) is 108 Å². The van der Waals surface area contributed by atoms with Crippen LogP contribution < -0.4 is 30.3 Å². The number of alkyl halides is 3. The Morgan fingerprint density at radius 2 is 1.74 bits per heavy atom. The first-order valence-electron chi connectivity index (χ1n) is 11.4. The molecular formula is C25H24ClF2N5O4S. The molecule has 38 heavy (non-hydrogen) atoms. The van der Waals surface area contributed by atoms with Gasteiger partial charge in [0.2, 0.25) is 0 Å². The summed E-state index contributed by atoms with van der Waals surface area (Å²) >= 11 is 10.2. The fraction of sp³-hybridized carbons (Fsp3) is 0.240. The lowest BCUT2D eigenvalue weighted by molar-refractivity contribution is -0.0964. The second-order valence-electron chi connectivity index (χ2n) is 8.32. The number of rotatable bonds is 8. The number of β-amino-alcohol motifs (C(OH)–C–C–N with tert-alkyl or cyclic N) is 1. The van der Waals surface area contributed by atoms with Crippen LogP contribution in [0.15, 0.2) is 60.8 Å². The maximum absolute atomic E-state index is 12.9. The monoisotopic (exact) mass is 563 g/mol. The van der Waals surface area contributed by atoms with Crippen LogP contribution in [0.25, 0.3) is 0 Å². The van der Waals surface area contributed by atoms with Crippen molar-refractivity contribution < 1.29 is 28.2 Å². The molecule has 0 bridgehead atoms. The molecule has 2 heterocycles. The molecule has 1 aliphatic rings. The summed E-state index contributed by atoms with van der Waals surface area (Å²) in [4.78, 5) is 19.3. The number of aliphatic hydroxyl groups is 1. The molecule has 1 atom stereocenters. The number of methoxy groups -OCH3 is 1. The first-order chi connectivity index (χ1) is 18.1. The van der Waals surface area contributed by atoms with E-state index < -0.39 is 17.6 Å².